The lowest BCUT2D eigenvalue weighted by atomic mass is 10.1. The van der Waals surface area contributed by atoms with Gasteiger partial charge in [0, 0.05) is 44.7 Å². The van der Waals surface area contributed by atoms with Gasteiger partial charge in [-0.15, -0.1) is 0 Å². The van der Waals surface area contributed by atoms with Crippen LogP contribution in [-0.4, -0.2) is 59.8 Å². The summed E-state index contributed by atoms with van der Waals surface area (Å²) >= 11 is 0. The number of ether oxygens (including phenoxy) is 1. The number of piperazine rings is 1. The number of nitrogens with two attached hydrogens (primary N) is 1. The number of hydrogen-bond donors (Lipinski definition) is 3. The van der Waals surface area contributed by atoms with E-state index in [0.717, 1.165) is 67.2 Å². The number of aromatic nitrogens is 2. The Morgan fingerprint density at radius 3 is 2.81 bits per heavy atom. The third kappa shape index (κ3) is 3.39. The molecule has 0 spiro atoms. The highest BCUT2D eigenvalue weighted by Crippen LogP contribution is 2.40. The number of benzene rings is 1. The first-order valence-electron chi connectivity index (χ1n) is 9.15. The van der Waals surface area contributed by atoms with Crippen LogP contribution in [0.25, 0.3) is 16.6 Å². The van der Waals surface area contributed by atoms with Gasteiger partial charge in [0.25, 0.3) is 0 Å². The van der Waals surface area contributed by atoms with Crippen molar-refractivity contribution in [2.45, 2.75) is 25.4 Å². The van der Waals surface area contributed by atoms with Crippen LogP contribution in [0.5, 0.6) is 5.75 Å². The second-order valence-electron chi connectivity index (χ2n) is 7.25. The molecule has 2 heterocycles. The molecule has 0 bridgehead atoms. The van der Waals surface area contributed by atoms with Gasteiger partial charge in [-0.1, -0.05) is 0 Å². The minimum atomic E-state index is -0.0106. The van der Waals surface area contributed by atoms with Crippen LogP contribution in [-0.2, 0) is 0 Å². The van der Waals surface area contributed by atoms with Crippen molar-refractivity contribution in [1.82, 2.24) is 20.4 Å². The first kappa shape index (κ1) is 16.9. The van der Waals surface area contributed by atoms with Crippen molar-refractivity contribution in [3.05, 3.63) is 30.0 Å². The molecule has 0 atom stereocenters. The monoisotopic (exact) mass is 354 g/mol. The van der Waals surface area contributed by atoms with E-state index in [4.69, 9.17) is 10.5 Å². The van der Waals surface area contributed by atoms with Gasteiger partial charge in [0.2, 0.25) is 0 Å². The standard InChI is InChI=1S/C19H26N6O/c1-19(5-6-19)26-13-3-4-16-14(11-13)18(24-23-16)15(20)12-17(21-2)25-9-7-22-8-10-25/h3-4,11-12,22H,5-10,20H2,1-2H3,(H,23,24). The summed E-state index contributed by atoms with van der Waals surface area (Å²) < 4.78 is 6.08. The zero-order valence-corrected chi connectivity index (χ0v) is 15.4. The highest BCUT2D eigenvalue weighted by molar-refractivity contribution is 6.01. The average Bonchev–Trinajstić information content (AvgIpc) is 3.23. The molecule has 2 aliphatic rings. The van der Waals surface area contributed by atoms with E-state index in [1.165, 1.54) is 0 Å². The van der Waals surface area contributed by atoms with Gasteiger partial charge in [0.1, 0.15) is 22.9 Å². The number of rotatable bonds is 4. The SMILES string of the molecule is CN=C(C=C(N)c1n[nH]c2ccc(OC3(C)CC3)cc12)N1CCNCC1. The fraction of sp³-hybridized carbons (Fsp3) is 0.474. The summed E-state index contributed by atoms with van der Waals surface area (Å²) in [6.07, 6.45) is 4.12. The highest BCUT2D eigenvalue weighted by Gasteiger charge is 2.40. The van der Waals surface area contributed by atoms with Crippen LogP contribution in [0.3, 0.4) is 0 Å². The van der Waals surface area contributed by atoms with Crippen molar-refractivity contribution in [2.24, 2.45) is 10.7 Å². The van der Waals surface area contributed by atoms with Gasteiger partial charge in [-0.3, -0.25) is 10.1 Å². The highest BCUT2D eigenvalue weighted by atomic mass is 16.5. The minimum Gasteiger partial charge on any atom is -0.488 e. The molecule has 7 heteroatoms. The predicted octanol–water partition coefficient (Wildman–Crippen LogP) is 1.73. The molecule has 0 amide bonds. The molecule has 1 aromatic heterocycles. The second kappa shape index (κ2) is 6.64. The molecule has 4 rings (SSSR count). The molecule has 0 unspecified atom stereocenters. The molecule has 7 nitrogen and oxygen atoms in total. The van der Waals surface area contributed by atoms with Gasteiger partial charge in [0.15, 0.2) is 0 Å². The van der Waals surface area contributed by atoms with Gasteiger partial charge >= 0.3 is 0 Å². The second-order valence-corrected chi connectivity index (χ2v) is 7.25. The predicted molar refractivity (Wildman–Crippen MR) is 104 cm³/mol. The number of nitrogens with one attached hydrogen (secondary N) is 2. The Kier molecular flexibility index (Phi) is 4.32. The Labute approximate surface area is 153 Å². The third-order valence-electron chi connectivity index (χ3n) is 5.08. The number of hydrogen-bond acceptors (Lipinski definition) is 5. The van der Waals surface area contributed by atoms with Crippen LogP contribution >= 0.6 is 0 Å². The normalized spacial score (nSPS) is 20.5. The van der Waals surface area contributed by atoms with Crippen molar-refractivity contribution in [2.75, 3.05) is 33.2 Å². The zero-order chi connectivity index (χ0) is 18.1. The fourth-order valence-electron chi connectivity index (χ4n) is 3.24. The summed E-state index contributed by atoms with van der Waals surface area (Å²) in [6, 6.07) is 5.99. The molecule has 0 radical (unpaired) electrons. The summed E-state index contributed by atoms with van der Waals surface area (Å²) in [5, 5.41) is 11.8. The Hall–Kier alpha value is -2.54. The van der Waals surface area contributed by atoms with Crippen molar-refractivity contribution >= 4 is 22.4 Å². The summed E-state index contributed by atoms with van der Waals surface area (Å²) in [4.78, 5) is 6.65. The molecule has 2 aromatic rings. The van der Waals surface area contributed by atoms with Gasteiger partial charge in [0.05, 0.1) is 11.2 Å². The van der Waals surface area contributed by atoms with Gasteiger partial charge in [-0.2, -0.15) is 5.10 Å². The molecule has 26 heavy (non-hydrogen) atoms. The largest absolute Gasteiger partial charge is 0.488 e. The number of aliphatic imine (C=N–C) groups is 1. The number of aromatic amines is 1. The van der Waals surface area contributed by atoms with Gasteiger partial charge in [-0.25, -0.2) is 0 Å². The summed E-state index contributed by atoms with van der Waals surface area (Å²) in [5.41, 5.74) is 8.67. The van der Waals surface area contributed by atoms with Crippen LogP contribution in [0, 0.1) is 0 Å². The summed E-state index contributed by atoms with van der Waals surface area (Å²) in [7, 11) is 1.80. The lowest BCUT2D eigenvalue weighted by Gasteiger charge is -2.29. The smallest absolute Gasteiger partial charge is 0.125 e. The Morgan fingerprint density at radius 2 is 2.12 bits per heavy atom. The third-order valence-corrected chi connectivity index (χ3v) is 5.08. The van der Waals surface area contributed by atoms with Crippen LogP contribution < -0.4 is 15.8 Å². The molecule has 1 saturated heterocycles. The quantitative estimate of drug-likeness (QED) is 0.574. The van der Waals surface area contributed by atoms with Crippen LogP contribution in [0.1, 0.15) is 25.5 Å². The topological polar surface area (TPSA) is 91.6 Å². The number of nitrogens with zero attached hydrogens (tertiary/aromatic N) is 3. The molecule has 138 valence electrons. The first-order valence-corrected chi connectivity index (χ1v) is 9.15. The van der Waals surface area contributed by atoms with Crippen LogP contribution in [0.15, 0.2) is 29.3 Å². The van der Waals surface area contributed by atoms with E-state index in [2.05, 4.69) is 32.3 Å². The van der Waals surface area contributed by atoms with E-state index in [1.807, 2.05) is 24.3 Å². The molecule has 1 aliphatic carbocycles. The first-order chi connectivity index (χ1) is 12.6. The molecule has 2 fully saturated rings. The number of fused-ring (bicyclic) bond motifs is 1. The average molecular weight is 354 g/mol. The van der Waals surface area contributed by atoms with Crippen molar-refractivity contribution < 1.29 is 4.74 Å². The lowest BCUT2D eigenvalue weighted by molar-refractivity contribution is 0.200. The van der Waals surface area contributed by atoms with Crippen molar-refractivity contribution in [3.63, 3.8) is 0 Å². The molecule has 1 aromatic carbocycles. The molecular formula is C19H26N6O. The Bertz CT molecular complexity index is 858. The van der Waals surface area contributed by atoms with E-state index in [0.29, 0.717) is 5.70 Å². The van der Waals surface area contributed by atoms with E-state index in [1.54, 1.807) is 7.05 Å². The van der Waals surface area contributed by atoms with Gasteiger partial charge in [-0.05, 0) is 38.0 Å². The molecular weight excluding hydrogens is 328 g/mol. The zero-order valence-electron chi connectivity index (χ0n) is 15.4. The number of H-pyrrole nitrogens is 1. The fourth-order valence-corrected chi connectivity index (χ4v) is 3.24. The maximum Gasteiger partial charge on any atom is 0.125 e. The van der Waals surface area contributed by atoms with E-state index in [-0.39, 0.29) is 5.60 Å². The maximum absolute atomic E-state index is 6.39. The molecule has 4 N–H and O–H groups in total. The Balaban J connectivity index is 1.62. The molecule has 1 aliphatic heterocycles. The maximum atomic E-state index is 6.39. The van der Waals surface area contributed by atoms with E-state index >= 15 is 0 Å². The minimum absolute atomic E-state index is 0.0106. The molecule has 1 saturated carbocycles. The van der Waals surface area contributed by atoms with Crippen LogP contribution in [0.2, 0.25) is 0 Å². The number of amidine groups is 1. The van der Waals surface area contributed by atoms with E-state index in [9.17, 15) is 0 Å². The lowest BCUT2D eigenvalue weighted by Crippen LogP contribution is -2.46. The Morgan fingerprint density at radius 1 is 1.35 bits per heavy atom. The van der Waals surface area contributed by atoms with Gasteiger partial charge < -0.3 is 20.7 Å². The van der Waals surface area contributed by atoms with Crippen LogP contribution in [0.4, 0.5) is 0 Å². The van der Waals surface area contributed by atoms with E-state index < -0.39 is 0 Å². The summed E-state index contributed by atoms with van der Waals surface area (Å²) in [5.74, 6) is 1.75. The van der Waals surface area contributed by atoms with Crippen molar-refractivity contribution in [1.29, 1.82) is 0 Å². The van der Waals surface area contributed by atoms with Crippen molar-refractivity contribution in [3.8, 4) is 5.75 Å². The summed E-state index contributed by atoms with van der Waals surface area (Å²) in [6.45, 7) is 5.90.